The molecule has 3 aromatic carbocycles. The van der Waals surface area contributed by atoms with Gasteiger partial charge in [-0.2, -0.15) is 5.26 Å². The van der Waals surface area contributed by atoms with Gasteiger partial charge in [0, 0.05) is 29.0 Å². The van der Waals surface area contributed by atoms with Crippen LogP contribution < -0.4 is 14.0 Å². The van der Waals surface area contributed by atoms with Crippen LogP contribution in [0.25, 0.3) is 0 Å². The van der Waals surface area contributed by atoms with Gasteiger partial charge in [0.15, 0.2) is 11.5 Å². The van der Waals surface area contributed by atoms with Gasteiger partial charge in [0.2, 0.25) is 6.79 Å². The Labute approximate surface area is 245 Å². The van der Waals surface area contributed by atoms with E-state index in [9.17, 15) is 5.26 Å². The average molecular weight is 548 g/mol. The molecule has 4 aliphatic rings. The molecule has 1 saturated heterocycles. The summed E-state index contributed by atoms with van der Waals surface area (Å²) in [6.07, 6.45) is 9.58. The third-order valence-electron chi connectivity index (χ3n) is 11.5. The lowest BCUT2D eigenvalue weighted by Gasteiger charge is -2.40. The molecule has 2 heterocycles. The molecule has 5 atom stereocenters. The van der Waals surface area contributed by atoms with Crippen LogP contribution in [0.15, 0.2) is 78.9 Å². The maximum absolute atomic E-state index is 10.8. The number of quaternary nitrogens is 1. The number of hydrogen-bond donors (Lipinski definition) is 0. The van der Waals surface area contributed by atoms with E-state index in [2.05, 4.69) is 91.9 Å². The van der Waals surface area contributed by atoms with Crippen molar-refractivity contribution >= 4 is 5.69 Å². The number of hydrogen-bond acceptors (Lipinski definition) is 3. The number of piperidine rings is 1. The van der Waals surface area contributed by atoms with Crippen LogP contribution in [0.4, 0.5) is 5.69 Å². The molecule has 212 valence electrons. The first-order valence-electron chi connectivity index (χ1n) is 15.9. The summed E-state index contributed by atoms with van der Waals surface area (Å²) in [5, 5.41) is 10.8. The number of likely N-dealkylation sites (tertiary alicyclic amines) is 1. The van der Waals surface area contributed by atoms with E-state index in [1.54, 1.807) is 0 Å². The molecule has 5 unspecified atom stereocenters. The first-order valence-corrected chi connectivity index (χ1v) is 15.9. The first-order chi connectivity index (χ1) is 20.1. The van der Waals surface area contributed by atoms with Crippen molar-refractivity contribution in [3.8, 4) is 17.6 Å². The number of nitrogens with zero attached hydrogens (tertiary/aromatic N) is 2. The molecule has 4 nitrogen and oxygen atoms in total. The van der Waals surface area contributed by atoms with Gasteiger partial charge < -0.3 is 9.47 Å². The molecule has 0 aromatic heterocycles. The van der Waals surface area contributed by atoms with Crippen LogP contribution in [0.3, 0.4) is 0 Å². The van der Waals surface area contributed by atoms with E-state index < -0.39 is 0 Å². The topological polar surface area (TPSA) is 42.2 Å². The molecular weight excluding hydrogens is 504 g/mol. The van der Waals surface area contributed by atoms with E-state index in [-0.39, 0.29) is 5.41 Å². The molecule has 0 spiro atoms. The second kappa shape index (κ2) is 10.5. The minimum atomic E-state index is -0.360. The fourth-order valence-corrected chi connectivity index (χ4v) is 9.38. The fourth-order valence-electron chi connectivity index (χ4n) is 9.38. The number of benzene rings is 3. The van der Waals surface area contributed by atoms with Gasteiger partial charge in [-0.15, -0.1) is 0 Å². The molecule has 0 bridgehead atoms. The highest BCUT2D eigenvalue weighted by Crippen LogP contribution is 2.70. The van der Waals surface area contributed by atoms with Gasteiger partial charge in [-0.3, -0.25) is 4.48 Å². The molecule has 2 aliphatic heterocycles. The summed E-state index contributed by atoms with van der Waals surface area (Å²) < 4.78 is 12.5. The largest absolute Gasteiger partial charge is 0.454 e. The van der Waals surface area contributed by atoms with Crippen molar-refractivity contribution in [2.24, 2.45) is 23.2 Å². The lowest BCUT2D eigenvalue weighted by Crippen LogP contribution is -2.50. The van der Waals surface area contributed by atoms with Crippen molar-refractivity contribution in [3.63, 3.8) is 0 Å². The SMILES string of the molecule is CCC12C[N+](Cc3ccccc3)(c3ccc4c(c3)OCO4)CC1C2CCC(C#N)(c1ccccc1)C1CCCCC1. The Kier molecular flexibility index (Phi) is 6.82. The maximum atomic E-state index is 10.8. The quantitative estimate of drug-likeness (QED) is 0.253. The van der Waals surface area contributed by atoms with Crippen molar-refractivity contribution in [1.82, 2.24) is 4.48 Å². The number of fused-ring (bicyclic) bond motifs is 2. The summed E-state index contributed by atoms with van der Waals surface area (Å²) in [6, 6.07) is 31.4. The molecule has 0 amide bonds. The monoisotopic (exact) mass is 547 g/mol. The predicted molar refractivity (Wildman–Crippen MR) is 163 cm³/mol. The van der Waals surface area contributed by atoms with Gasteiger partial charge in [0.1, 0.15) is 12.2 Å². The zero-order chi connectivity index (χ0) is 27.9. The Morgan fingerprint density at radius 3 is 2.37 bits per heavy atom. The summed E-state index contributed by atoms with van der Waals surface area (Å²) in [4.78, 5) is 0. The second-order valence-corrected chi connectivity index (χ2v) is 13.3. The molecule has 4 heteroatoms. The highest BCUT2D eigenvalue weighted by molar-refractivity contribution is 5.57. The standard InChI is InChI=1S/C37H43N2O2/c1-2-36-26-39(23-28-12-6-3-7-13-28,31-18-19-34-35(22-31)41-27-40-34)24-33(36)32(36)20-21-37(25-38,29-14-8-4-9-15-29)30-16-10-5-11-17-30/h3-4,6-9,12-15,18-19,22,30,32-33H,2,5,10-11,16-17,20-21,23-24,26-27H2,1H3/q+1. The summed E-state index contributed by atoms with van der Waals surface area (Å²) >= 11 is 0. The molecule has 7 rings (SSSR count). The number of rotatable bonds is 9. The molecule has 2 aliphatic carbocycles. The minimum absolute atomic E-state index is 0.310. The first kappa shape index (κ1) is 26.6. The van der Waals surface area contributed by atoms with Crippen molar-refractivity contribution in [2.45, 2.75) is 70.3 Å². The highest BCUT2D eigenvalue weighted by atomic mass is 16.7. The maximum Gasteiger partial charge on any atom is 0.231 e. The van der Waals surface area contributed by atoms with E-state index in [1.807, 2.05) is 0 Å². The zero-order valence-electron chi connectivity index (χ0n) is 24.4. The smallest absolute Gasteiger partial charge is 0.231 e. The highest BCUT2D eigenvalue weighted by Gasteiger charge is 2.73. The molecule has 0 N–H and O–H groups in total. The molecular formula is C37H43N2O2+. The summed E-state index contributed by atoms with van der Waals surface area (Å²) in [5.74, 6) is 3.60. The van der Waals surface area contributed by atoms with Crippen LogP contribution in [0.2, 0.25) is 0 Å². The van der Waals surface area contributed by atoms with Gasteiger partial charge in [-0.25, -0.2) is 0 Å². The normalized spacial score (nSPS) is 29.9. The van der Waals surface area contributed by atoms with E-state index in [0.29, 0.717) is 30.0 Å². The Hall–Kier alpha value is -3.29. The van der Waals surface area contributed by atoms with Crippen molar-refractivity contribution in [1.29, 1.82) is 5.26 Å². The van der Waals surface area contributed by atoms with Crippen molar-refractivity contribution < 1.29 is 9.47 Å². The third kappa shape index (κ3) is 4.45. The van der Waals surface area contributed by atoms with Gasteiger partial charge in [0.05, 0.1) is 24.6 Å². The molecule has 0 radical (unpaired) electrons. The van der Waals surface area contributed by atoms with Crippen LogP contribution >= 0.6 is 0 Å². The van der Waals surface area contributed by atoms with Gasteiger partial charge in [-0.05, 0) is 55.6 Å². The van der Waals surface area contributed by atoms with E-state index in [1.165, 1.54) is 55.3 Å². The van der Waals surface area contributed by atoms with Crippen molar-refractivity contribution in [3.05, 3.63) is 90.0 Å². The Morgan fingerprint density at radius 1 is 0.927 bits per heavy atom. The number of ether oxygens (including phenoxy) is 2. The van der Waals surface area contributed by atoms with E-state index >= 15 is 0 Å². The molecule has 2 saturated carbocycles. The molecule has 3 fully saturated rings. The van der Waals surface area contributed by atoms with E-state index in [4.69, 9.17) is 9.47 Å². The predicted octanol–water partition coefficient (Wildman–Crippen LogP) is 8.40. The lowest BCUT2D eigenvalue weighted by molar-refractivity contribution is 0.173. The van der Waals surface area contributed by atoms with Gasteiger partial charge in [-0.1, -0.05) is 86.8 Å². The summed E-state index contributed by atoms with van der Waals surface area (Å²) in [7, 11) is 0. The zero-order valence-corrected chi connectivity index (χ0v) is 24.4. The summed E-state index contributed by atoms with van der Waals surface area (Å²) in [5.41, 5.74) is 3.96. The second-order valence-electron chi connectivity index (χ2n) is 13.3. The molecule has 3 aromatic rings. The summed E-state index contributed by atoms with van der Waals surface area (Å²) in [6.45, 7) is 6.03. The fraction of sp³-hybridized carbons (Fsp3) is 0.486. The van der Waals surface area contributed by atoms with Crippen molar-refractivity contribution in [2.75, 3.05) is 19.9 Å². The third-order valence-corrected chi connectivity index (χ3v) is 11.5. The van der Waals surface area contributed by atoms with Crippen LogP contribution in [0.5, 0.6) is 11.5 Å². The average Bonchev–Trinajstić information content (AvgIpc) is 3.33. The minimum Gasteiger partial charge on any atom is -0.454 e. The Balaban J connectivity index is 1.17. The van der Waals surface area contributed by atoms with Gasteiger partial charge >= 0.3 is 0 Å². The van der Waals surface area contributed by atoms with Crippen LogP contribution in [-0.2, 0) is 12.0 Å². The van der Waals surface area contributed by atoms with Gasteiger partial charge in [0.25, 0.3) is 0 Å². The molecule has 41 heavy (non-hydrogen) atoms. The number of nitriles is 1. The van der Waals surface area contributed by atoms with Crippen LogP contribution in [-0.4, -0.2) is 19.9 Å². The Morgan fingerprint density at radius 2 is 1.66 bits per heavy atom. The van der Waals surface area contributed by atoms with Crippen LogP contribution in [0, 0.1) is 34.5 Å². The Bertz CT molecular complexity index is 1410. The van der Waals surface area contributed by atoms with E-state index in [0.717, 1.165) is 48.5 Å². The lowest BCUT2D eigenvalue weighted by atomic mass is 9.63. The van der Waals surface area contributed by atoms with Crippen LogP contribution in [0.1, 0.15) is 69.4 Å².